The van der Waals surface area contributed by atoms with E-state index in [-0.39, 0.29) is 5.91 Å². The number of aryl methyl sites for hydroxylation is 1. The van der Waals surface area contributed by atoms with E-state index in [1.165, 1.54) is 30.4 Å². The number of carbonyl (C=O) groups excluding carboxylic acids is 1. The lowest BCUT2D eigenvalue weighted by atomic mass is 9.77. The van der Waals surface area contributed by atoms with Gasteiger partial charge in [-0.3, -0.25) is 4.79 Å². The van der Waals surface area contributed by atoms with Gasteiger partial charge in [-0.25, -0.2) is 4.98 Å². The van der Waals surface area contributed by atoms with E-state index >= 15 is 0 Å². The fraction of sp³-hybridized carbons (Fsp3) is 0.414. The molecule has 35 heavy (non-hydrogen) atoms. The highest BCUT2D eigenvalue weighted by Crippen LogP contribution is 2.42. The number of imidazole rings is 1. The van der Waals surface area contributed by atoms with Gasteiger partial charge in [-0.1, -0.05) is 29.9 Å². The number of nitrogens with zero attached hydrogens (tertiary/aromatic N) is 2. The second kappa shape index (κ2) is 10.1. The first kappa shape index (κ1) is 23.3. The van der Waals surface area contributed by atoms with Gasteiger partial charge in [0.15, 0.2) is 0 Å². The van der Waals surface area contributed by atoms with Crippen molar-refractivity contribution in [2.75, 3.05) is 20.2 Å². The van der Waals surface area contributed by atoms with Crippen LogP contribution in [0.15, 0.2) is 42.6 Å². The summed E-state index contributed by atoms with van der Waals surface area (Å²) in [5, 5.41) is 7.27. The highest BCUT2D eigenvalue weighted by molar-refractivity contribution is 5.97. The molecule has 1 aliphatic heterocycles. The molecule has 0 radical (unpaired) electrons. The molecule has 2 heterocycles. The average molecular weight is 470 g/mol. The van der Waals surface area contributed by atoms with Crippen LogP contribution in [0.4, 0.5) is 0 Å². The van der Waals surface area contributed by atoms with Crippen molar-refractivity contribution >= 4 is 5.91 Å². The van der Waals surface area contributed by atoms with Gasteiger partial charge in [-0.15, -0.1) is 0 Å². The summed E-state index contributed by atoms with van der Waals surface area (Å²) in [4.78, 5) is 23.7. The monoisotopic (exact) mass is 469 g/mol. The lowest BCUT2D eigenvalue weighted by Gasteiger charge is -2.33. The van der Waals surface area contributed by atoms with Gasteiger partial charge in [-0.05, 0) is 79.3 Å². The number of nitrogens with one attached hydrogen (secondary N) is 2. The fourth-order valence-corrected chi connectivity index (χ4v) is 5.37. The first-order valence-electron chi connectivity index (χ1n) is 12.6. The van der Waals surface area contributed by atoms with Crippen molar-refractivity contribution in [1.29, 1.82) is 0 Å². The molecule has 1 saturated heterocycles. The normalized spacial score (nSPS) is 16.7. The lowest BCUT2D eigenvalue weighted by Crippen LogP contribution is -2.38. The van der Waals surface area contributed by atoms with Gasteiger partial charge in [-0.2, -0.15) is 0 Å². The molecule has 6 nitrogen and oxygen atoms in total. The number of likely N-dealkylation sites (tertiary alicyclic amines) is 1. The minimum Gasteiger partial charge on any atom is -0.378 e. The van der Waals surface area contributed by atoms with Crippen molar-refractivity contribution in [2.24, 2.45) is 0 Å². The maximum Gasteiger partial charge on any atom is 0.308 e. The van der Waals surface area contributed by atoms with Crippen LogP contribution < -0.4 is 5.26 Å². The highest BCUT2D eigenvalue weighted by atomic mass is 16.5. The molecule has 1 aromatic heterocycles. The topological polar surface area (TPSA) is 82.0 Å². The molecule has 2 N–H and O–H groups in total. The predicted molar refractivity (Wildman–Crippen MR) is 134 cm³/mol. The third kappa shape index (κ3) is 4.74. The molecule has 0 bridgehead atoms. The number of ether oxygens (including phenoxy) is 1. The number of benzene rings is 2. The Balaban J connectivity index is 1.37. The van der Waals surface area contributed by atoms with Crippen LogP contribution >= 0.6 is 0 Å². The zero-order chi connectivity index (χ0) is 24.4. The summed E-state index contributed by atoms with van der Waals surface area (Å²) in [5.74, 6) is 1.91. The van der Waals surface area contributed by atoms with E-state index in [0.29, 0.717) is 18.4 Å². The molecule has 1 aliphatic carbocycles. The third-order valence-electron chi connectivity index (χ3n) is 7.66. The zero-order valence-electron chi connectivity index (χ0n) is 20.6. The molecule has 0 spiro atoms. The molecule has 1 saturated carbocycles. The number of methoxy groups -OCH3 is 1. The third-order valence-corrected chi connectivity index (χ3v) is 7.66. The van der Waals surface area contributed by atoms with Crippen molar-refractivity contribution in [3.8, 4) is 17.5 Å². The second-order valence-corrected chi connectivity index (χ2v) is 9.89. The summed E-state index contributed by atoms with van der Waals surface area (Å²) >= 11 is 0. The van der Waals surface area contributed by atoms with Crippen LogP contribution in [0.25, 0.3) is 11.4 Å². The Labute approximate surface area is 206 Å². The van der Waals surface area contributed by atoms with Gasteiger partial charge in [0.25, 0.3) is 5.91 Å². The Morgan fingerprint density at radius 3 is 2.51 bits per heavy atom. The van der Waals surface area contributed by atoms with Crippen LogP contribution in [0.3, 0.4) is 0 Å². The molecule has 2 aliphatic rings. The van der Waals surface area contributed by atoms with Gasteiger partial charge < -0.3 is 14.6 Å². The predicted octanol–water partition coefficient (Wildman–Crippen LogP) is 3.94. The first-order valence-corrected chi connectivity index (χ1v) is 12.6. The van der Waals surface area contributed by atoms with Crippen LogP contribution in [0, 0.1) is 13.0 Å². The largest absolute Gasteiger partial charge is 0.378 e. The molecule has 180 valence electrons. The van der Waals surface area contributed by atoms with Crippen LogP contribution in [0.5, 0.6) is 0 Å². The van der Waals surface area contributed by atoms with E-state index in [9.17, 15) is 4.79 Å². The first-order chi connectivity index (χ1) is 17.1. The van der Waals surface area contributed by atoms with Crippen LogP contribution in [-0.4, -0.2) is 41.0 Å². The van der Waals surface area contributed by atoms with Crippen LogP contribution in [0.2, 0.25) is 0 Å². The number of carbonyl (C=O) groups is 1. The summed E-state index contributed by atoms with van der Waals surface area (Å²) in [6, 6.07) is 14.8. The molecule has 2 aromatic carbocycles. The standard InChI is InChI=1S/C29H32N4O2/c1-19-14-26(23-4-3-5-23)27(28-31-17-24(32-28)18-35-2)15-25(19)29(34)33-12-10-22(11-13-33)21-8-6-20(16-30)7-9-21/h6-9,14-15,17,22-23H,3-5,10-13,18H2,1-2H3,(H,31,32)/p+1. The molecule has 0 atom stereocenters. The van der Waals surface area contributed by atoms with Crippen LogP contribution in [-0.2, 0) is 11.3 Å². The number of amides is 1. The van der Waals surface area contributed by atoms with Crippen molar-refractivity contribution in [3.63, 3.8) is 0 Å². The van der Waals surface area contributed by atoms with E-state index in [4.69, 9.17) is 10.00 Å². The Kier molecular flexibility index (Phi) is 6.70. The molecule has 5 rings (SSSR count). The van der Waals surface area contributed by atoms with E-state index in [2.05, 4.69) is 47.2 Å². The van der Waals surface area contributed by atoms with Crippen molar-refractivity contribution in [3.05, 3.63) is 76.1 Å². The fourth-order valence-electron chi connectivity index (χ4n) is 5.37. The maximum absolute atomic E-state index is 13.6. The number of hydrogen-bond acceptors (Lipinski definition) is 3. The van der Waals surface area contributed by atoms with E-state index in [0.717, 1.165) is 59.7 Å². The summed E-state index contributed by atoms with van der Waals surface area (Å²) in [5.41, 5.74) is 7.18. The summed E-state index contributed by atoms with van der Waals surface area (Å²) in [6.07, 6.45) is 7.36. The van der Waals surface area contributed by atoms with E-state index in [1.807, 2.05) is 23.2 Å². The van der Waals surface area contributed by atoms with Gasteiger partial charge in [0, 0.05) is 31.3 Å². The molecule has 1 amide bonds. The smallest absolute Gasteiger partial charge is 0.308 e. The minimum atomic E-state index is 0.111. The quantitative estimate of drug-likeness (QED) is 0.574. The Hall–Kier alpha value is -3.43. The molecule has 0 unspecified atom stereocenters. The summed E-state index contributed by atoms with van der Waals surface area (Å²) in [7, 11) is 1.68. The molecular weight excluding hydrogens is 436 g/mol. The average Bonchev–Trinajstić information content (AvgIpc) is 3.31. The van der Waals surface area contributed by atoms with Gasteiger partial charge in [0.1, 0.15) is 11.4 Å². The van der Waals surface area contributed by atoms with Gasteiger partial charge in [0.2, 0.25) is 0 Å². The molecular formula is C29H33N4O2+. The maximum atomic E-state index is 13.6. The Morgan fingerprint density at radius 1 is 1.14 bits per heavy atom. The zero-order valence-corrected chi connectivity index (χ0v) is 20.6. The SMILES string of the molecule is COCc1cnc(-c2cc(C(=O)N3CCC(c4ccc(C#[NH+])cc4)CC3)c(C)cc2C2CCC2)[nH]1. The number of aromatic amines is 1. The Morgan fingerprint density at radius 2 is 1.89 bits per heavy atom. The van der Waals surface area contributed by atoms with Crippen LogP contribution in [0.1, 0.15) is 82.2 Å². The number of aromatic nitrogens is 2. The number of hydrogen-bond donors (Lipinski definition) is 2. The van der Waals surface area contributed by atoms with Gasteiger partial charge in [0.05, 0.1) is 18.5 Å². The van der Waals surface area contributed by atoms with Crippen molar-refractivity contribution in [2.45, 2.75) is 57.5 Å². The molecule has 6 heteroatoms. The Bertz CT molecular complexity index is 1240. The van der Waals surface area contributed by atoms with Crippen molar-refractivity contribution < 1.29 is 14.8 Å². The van der Waals surface area contributed by atoms with E-state index < -0.39 is 0 Å². The number of H-pyrrole nitrogens is 1. The number of piperidine rings is 1. The summed E-state index contributed by atoms with van der Waals surface area (Å²) < 4.78 is 5.26. The minimum absolute atomic E-state index is 0.111. The second-order valence-electron chi connectivity index (χ2n) is 9.89. The highest BCUT2D eigenvalue weighted by Gasteiger charge is 2.29. The number of rotatable bonds is 6. The lowest BCUT2D eigenvalue weighted by molar-refractivity contribution is -0.0909. The van der Waals surface area contributed by atoms with Crippen molar-refractivity contribution in [1.82, 2.24) is 14.9 Å². The molecule has 3 aromatic rings. The molecule has 2 fully saturated rings. The van der Waals surface area contributed by atoms with E-state index in [1.54, 1.807) is 7.11 Å². The summed E-state index contributed by atoms with van der Waals surface area (Å²) in [6.45, 7) is 4.05. The van der Waals surface area contributed by atoms with Gasteiger partial charge >= 0.3 is 6.07 Å².